The number of nitro benzene ring substituents is 1. The summed E-state index contributed by atoms with van der Waals surface area (Å²) in [6.07, 6.45) is -0.152. The lowest BCUT2D eigenvalue weighted by molar-refractivity contribution is -0.385. The van der Waals surface area contributed by atoms with Crippen LogP contribution in [0.4, 0.5) is 15.8 Å². The number of anilines is 1. The highest BCUT2D eigenvalue weighted by Gasteiger charge is 2.22. The van der Waals surface area contributed by atoms with Gasteiger partial charge < -0.3 is 15.4 Å². The smallest absolute Gasteiger partial charge is 0.339 e. The molecule has 0 bridgehead atoms. The van der Waals surface area contributed by atoms with E-state index in [1.807, 2.05) is 0 Å². The van der Waals surface area contributed by atoms with Gasteiger partial charge in [-0.25, -0.2) is 9.18 Å². The lowest BCUT2D eigenvalue weighted by Crippen LogP contribution is -2.37. The van der Waals surface area contributed by atoms with E-state index in [-0.39, 0.29) is 29.8 Å². The van der Waals surface area contributed by atoms with Crippen molar-refractivity contribution in [3.8, 4) is 0 Å². The summed E-state index contributed by atoms with van der Waals surface area (Å²) in [5.74, 6) is -2.74. The number of hydrogen-bond acceptors (Lipinski definition) is 6. The number of carbonyl (C=O) groups excluding carboxylic acids is 3. The summed E-state index contributed by atoms with van der Waals surface area (Å²) in [6, 6.07) is 8.87. The van der Waals surface area contributed by atoms with Crippen molar-refractivity contribution < 1.29 is 28.4 Å². The van der Waals surface area contributed by atoms with Crippen LogP contribution in [0.1, 0.15) is 22.3 Å². The van der Waals surface area contributed by atoms with Crippen molar-refractivity contribution in [3.05, 3.63) is 69.5 Å². The zero-order valence-corrected chi connectivity index (χ0v) is 15.5. The first-order valence-corrected chi connectivity index (χ1v) is 8.46. The van der Waals surface area contributed by atoms with Gasteiger partial charge in [0.2, 0.25) is 5.91 Å². The molecule has 0 aliphatic heterocycles. The molecule has 0 spiro atoms. The second kappa shape index (κ2) is 9.40. The Labute approximate surface area is 165 Å². The molecule has 10 heteroatoms. The number of amides is 2. The number of nitro groups is 1. The monoisotopic (exact) mass is 403 g/mol. The van der Waals surface area contributed by atoms with Crippen molar-refractivity contribution >= 4 is 29.2 Å². The van der Waals surface area contributed by atoms with Crippen molar-refractivity contribution in [2.24, 2.45) is 5.73 Å². The van der Waals surface area contributed by atoms with E-state index in [1.54, 1.807) is 0 Å². The molecule has 2 N–H and O–H groups in total. The number of primary amides is 1. The fourth-order valence-corrected chi connectivity index (χ4v) is 2.57. The molecule has 2 amide bonds. The molecule has 0 aliphatic carbocycles. The maximum absolute atomic E-state index is 13.1. The van der Waals surface area contributed by atoms with E-state index in [1.165, 1.54) is 37.3 Å². The Balaban J connectivity index is 2.14. The second-order valence-corrected chi connectivity index (χ2v) is 6.02. The highest BCUT2D eigenvalue weighted by molar-refractivity contribution is 5.98. The normalized spacial score (nSPS) is 10.3. The topological polar surface area (TPSA) is 133 Å². The molecular formula is C19H18FN3O6. The largest absolute Gasteiger partial charge is 0.452 e. The van der Waals surface area contributed by atoms with E-state index in [2.05, 4.69) is 0 Å². The van der Waals surface area contributed by atoms with Crippen LogP contribution < -0.4 is 10.6 Å². The molecule has 0 aliphatic rings. The van der Waals surface area contributed by atoms with Crippen LogP contribution in [0.5, 0.6) is 0 Å². The van der Waals surface area contributed by atoms with Crippen molar-refractivity contribution in [1.82, 2.24) is 0 Å². The first-order valence-electron chi connectivity index (χ1n) is 8.46. The maximum Gasteiger partial charge on any atom is 0.339 e. The standard InChI is InChI=1S/C19H18FN3O6/c1-12-15(3-2-4-16(12)23(27)28)19(26)29-11-18(25)22(10-9-17(21)24)14-7-5-13(20)6-8-14/h2-8H,9-11H2,1H3,(H2,21,24). The summed E-state index contributed by atoms with van der Waals surface area (Å²) in [4.78, 5) is 47.4. The molecule has 29 heavy (non-hydrogen) atoms. The summed E-state index contributed by atoms with van der Waals surface area (Å²) < 4.78 is 18.1. The van der Waals surface area contributed by atoms with Gasteiger partial charge >= 0.3 is 5.97 Å². The first kappa shape index (κ1) is 21.5. The van der Waals surface area contributed by atoms with Crippen LogP contribution in [-0.4, -0.2) is 35.9 Å². The third kappa shape index (κ3) is 5.58. The molecule has 0 unspecified atom stereocenters. The Morgan fingerprint density at radius 1 is 1.17 bits per heavy atom. The van der Waals surface area contributed by atoms with Gasteiger partial charge in [0.05, 0.1) is 10.5 Å². The summed E-state index contributed by atoms with van der Waals surface area (Å²) in [5.41, 5.74) is 5.23. The molecule has 152 valence electrons. The van der Waals surface area contributed by atoms with Crippen LogP contribution in [0.3, 0.4) is 0 Å². The fraction of sp³-hybridized carbons (Fsp3) is 0.211. The average molecular weight is 403 g/mol. The molecule has 0 radical (unpaired) electrons. The quantitative estimate of drug-likeness (QED) is 0.408. The van der Waals surface area contributed by atoms with Crippen LogP contribution in [-0.2, 0) is 14.3 Å². The predicted octanol–water partition coefficient (Wildman–Crippen LogP) is 2.11. The maximum atomic E-state index is 13.1. The number of esters is 1. The molecule has 0 saturated carbocycles. The number of nitrogens with zero attached hydrogens (tertiary/aromatic N) is 2. The zero-order chi connectivity index (χ0) is 21.6. The van der Waals surface area contributed by atoms with Gasteiger partial charge in [0.15, 0.2) is 6.61 Å². The summed E-state index contributed by atoms with van der Waals surface area (Å²) in [5, 5.41) is 11.0. The lowest BCUT2D eigenvalue weighted by atomic mass is 10.1. The van der Waals surface area contributed by atoms with Gasteiger partial charge in [0, 0.05) is 30.3 Å². The van der Waals surface area contributed by atoms with Gasteiger partial charge in [0.1, 0.15) is 5.82 Å². The molecule has 2 aromatic carbocycles. The molecule has 2 rings (SSSR count). The van der Waals surface area contributed by atoms with E-state index in [9.17, 15) is 28.9 Å². The number of nitrogens with two attached hydrogens (primary N) is 1. The van der Waals surface area contributed by atoms with E-state index < -0.39 is 35.1 Å². The van der Waals surface area contributed by atoms with Gasteiger partial charge in [-0.3, -0.25) is 19.7 Å². The van der Waals surface area contributed by atoms with Crippen LogP contribution >= 0.6 is 0 Å². The summed E-state index contributed by atoms with van der Waals surface area (Å²) >= 11 is 0. The molecular weight excluding hydrogens is 385 g/mol. The number of ether oxygens (including phenoxy) is 1. The van der Waals surface area contributed by atoms with Gasteiger partial charge in [-0.15, -0.1) is 0 Å². The highest BCUT2D eigenvalue weighted by Crippen LogP contribution is 2.22. The van der Waals surface area contributed by atoms with Gasteiger partial charge in [-0.05, 0) is 37.3 Å². The average Bonchev–Trinajstić information content (AvgIpc) is 2.67. The number of benzene rings is 2. The second-order valence-electron chi connectivity index (χ2n) is 6.02. The minimum Gasteiger partial charge on any atom is -0.452 e. The van der Waals surface area contributed by atoms with Crippen molar-refractivity contribution in [1.29, 1.82) is 0 Å². The van der Waals surface area contributed by atoms with Crippen LogP contribution in [0.2, 0.25) is 0 Å². The Bertz CT molecular complexity index is 945. The van der Waals surface area contributed by atoms with Gasteiger partial charge in [-0.2, -0.15) is 0 Å². The molecule has 0 atom stereocenters. The zero-order valence-electron chi connectivity index (χ0n) is 15.5. The molecule has 9 nitrogen and oxygen atoms in total. The summed E-state index contributed by atoms with van der Waals surface area (Å²) in [7, 11) is 0. The molecule has 0 saturated heterocycles. The number of hydrogen-bond donors (Lipinski definition) is 1. The summed E-state index contributed by atoms with van der Waals surface area (Å²) in [6.45, 7) is 0.624. The van der Waals surface area contributed by atoms with Crippen LogP contribution in [0, 0.1) is 22.9 Å². The third-order valence-electron chi connectivity index (χ3n) is 4.07. The van der Waals surface area contributed by atoms with Crippen molar-refractivity contribution in [2.75, 3.05) is 18.1 Å². The van der Waals surface area contributed by atoms with E-state index >= 15 is 0 Å². The van der Waals surface area contributed by atoms with Crippen LogP contribution in [0.25, 0.3) is 0 Å². The highest BCUT2D eigenvalue weighted by atomic mass is 19.1. The van der Waals surface area contributed by atoms with E-state index in [0.717, 1.165) is 17.0 Å². The van der Waals surface area contributed by atoms with Crippen LogP contribution in [0.15, 0.2) is 42.5 Å². The molecule has 2 aromatic rings. The SMILES string of the molecule is Cc1c(C(=O)OCC(=O)N(CCC(N)=O)c2ccc(F)cc2)cccc1[N+](=O)[O-]. The van der Waals surface area contributed by atoms with Gasteiger partial charge in [0.25, 0.3) is 11.6 Å². The third-order valence-corrected chi connectivity index (χ3v) is 4.07. The minimum atomic E-state index is -0.909. The Morgan fingerprint density at radius 3 is 2.41 bits per heavy atom. The number of carbonyl (C=O) groups is 3. The fourth-order valence-electron chi connectivity index (χ4n) is 2.57. The first-order chi connectivity index (χ1) is 13.7. The molecule has 0 heterocycles. The Kier molecular flexibility index (Phi) is 6.96. The van der Waals surface area contributed by atoms with E-state index in [4.69, 9.17) is 10.5 Å². The Morgan fingerprint density at radius 2 is 1.83 bits per heavy atom. The van der Waals surface area contributed by atoms with E-state index in [0.29, 0.717) is 5.69 Å². The minimum absolute atomic E-state index is 0.0440. The van der Waals surface area contributed by atoms with Crippen molar-refractivity contribution in [3.63, 3.8) is 0 Å². The molecule has 0 fully saturated rings. The Hall–Kier alpha value is -3.82. The number of halogens is 1. The molecule has 0 aromatic heterocycles. The predicted molar refractivity (Wildman–Crippen MR) is 101 cm³/mol. The lowest BCUT2D eigenvalue weighted by Gasteiger charge is -2.22. The van der Waals surface area contributed by atoms with Crippen molar-refractivity contribution in [2.45, 2.75) is 13.3 Å². The number of rotatable bonds is 8. The van der Waals surface area contributed by atoms with Gasteiger partial charge in [-0.1, -0.05) is 6.07 Å².